The number of nitrogens with two attached hydrogens (primary N) is 1. The van der Waals surface area contributed by atoms with Crippen LogP contribution in [0.5, 0.6) is 5.75 Å². The number of rotatable bonds is 3. The molecule has 0 amide bonds. The number of hydrogen-bond donors (Lipinski definition) is 1. The van der Waals surface area contributed by atoms with Crippen molar-refractivity contribution in [2.75, 3.05) is 5.73 Å². The second-order valence-corrected chi connectivity index (χ2v) is 2.91. The Morgan fingerprint density at radius 2 is 1.86 bits per heavy atom. The van der Waals surface area contributed by atoms with Crippen LogP contribution in [0.1, 0.15) is 5.76 Å². The molecule has 0 saturated carbocycles. The molecular weight excluding hydrogens is 178 g/mol. The summed E-state index contributed by atoms with van der Waals surface area (Å²) in [6, 6.07) is 13.1. The van der Waals surface area contributed by atoms with E-state index in [1.807, 2.05) is 30.3 Å². The average Bonchev–Trinajstić information content (AvgIpc) is 2.63. The van der Waals surface area contributed by atoms with Crippen molar-refractivity contribution in [2.24, 2.45) is 0 Å². The molecule has 0 aliphatic rings. The van der Waals surface area contributed by atoms with Gasteiger partial charge in [-0.15, -0.1) is 0 Å². The summed E-state index contributed by atoms with van der Waals surface area (Å²) < 4.78 is 10.6. The number of anilines is 1. The van der Waals surface area contributed by atoms with E-state index >= 15 is 0 Å². The van der Waals surface area contributed by atoms with E-state index in [1.54, 1.807) is 12.1 Å². The fourth-order valence-corrected chi connectivity index (χ4v) is 1.14. The standard InChI is InChI=1S/C11H11NO2/c12-11-7-6-10(14-11)8-13-9-4-2-1-3-5-9/h1-7H,8,12H2. The predicted molar refractivity (Wildman–Crippen MR) is 53.9 cm³/mol. The average molecular weight is 189 g/mol. The summed E-state index contributed by atoms with van der Waals surface area (Å²) in [5, 5.41) is 0. The molecule has 0 fully saturated rings. The zero-order valence-corrected chi connectivity index (χ0v) is 7.64. The molecule has 0 spiro atoms. The molecule has 3 nitrogen and oxygen atoms in total. The lowest BCUT2D eigenvalue weighted by Crippen LogP contribution is -1.92. The lowest BCUT2D eigenvalue weighted by atomic mass is 10.3. The molecule has 0 aliphatic heterocycles. The number of para-hydroxylation sites is 1. The van der Waals surface area contributed by atoms with Gasteiger partial charge >= 0.3 is 0 Å². The Kier molecular flexibility index (Phi) is 2.40. The van der Waals surface area contributed by atoms with Gasteiger partial charge in [-0.3, -0.25) is 0 Å². The van der Waals surface area contributed by atoms with Crippen LogP contribution < -0.4 is 10.5 Å². The highest BCUT2D eigenvalue weighted by molar-refractivity contribution is 5.25. The van der Waals surface area contributed by atoms with Crippen molar-refractivity contribution >= 4 is 5.88 Å². The van der Waals surface area contributed by atoms with Gasteiger partial charge in [0.15, 0.2) is 5.88 Å². The number of hydrogen-bond acceptors (Lipinski definition) is 3. The minimum atomic E-state index is 0.404. The van der Waals surface area contributed by atoms with Crippen LogP contribution in [0.3, 0.4) is 0 Å². The zero-order valence-electron chi connectivity index (χ0n) is 7.64. The molecule has 0 unspecified atom stereocenters. The molecule has 0 atom stereocenters. The van der Waals surface area contributed by atoms with E-state index in [-0.39, 0.29) is 0 Å². The third kappa shape index (κ3) is 2.07. The van der Waals surface area contributed by atoms with Crippen LogP contribution in [0.4, 0.5) is 5.88 Å². The number of benzene rings is 1. The summed E-state index contributed by atoms with van der Waals surface area (Å²) in [4.78, 5) is 0. The molecule has 1 aromatic carbocycles. The summed E-state index contributed by atoms with van der Waals surface area (Å²) in [5.41, 5.74) is 5.43. The molecule has 1 aromatic heterocycles. The van der Waals surface area contributed by atoms with Crippen molar-refractivity contribution in [2.45, 2.75) is 6.61 Å². The van der Waals surface area contributed by atoms with Crippen LogP contribution >= 0.6 is 0 Å². The molecular formula is C11H11NO2. The van der Waals surface area contributed by atoms with Crippen molar-refractivity contribution in [3.63, 3.8) is 0 Å². The van der Waals surface area contributed by atoms with Gasteiger partial charge in [0, 0.05) is 6.07 Å². The van der Waals surface area contributed by atoms with Gasteiger partial charge in [-0.05, 0) is 18.2 Å². The summed E-state index contributed by atoms with van der Waals surface area (Å²) in [7, 11) is 0. The van der Waals surface area contributed by atoms with Gasteiger partial charge in [0.05, 0.1) is 0 Å². The molecule has 0 saturated heterocycles. The minimum Gasteiger partial charge on any atom is -0.486 e. The maximum atomic E-state index is 5.46. The Morgan fingerprint density at radius 3 is 2.50 bits per heavy atom. The maximum Gasteiger partial charge on any atom is 0.190 e. The summed E-state index contributed by atoms with van der Waals surface area (Å²) in [6.07, 6.45) is 0. The van der Waals surface area contributed by atoms with Gasteiger partial charge in [0.25, 0.3) is 0 Å². The van der Waals surface area contributed by atoms with E-state index in [1.165, 1.54) is 0 Å². The number of ether oxygens (including phenoxy) is 1. The molecule has 1 heterocycles. The first kappa shape index (κ1) is 8.69. The second kappa shape index (κ2) is 3.87. The maximum absolute atomic E-state index is 5.46. The molecule has 0 radical (unpaired) electrons. The zero-order chi connectivity index (χ0) is 9.80. The van der Waals surface area contributed by atoms with E-state index < -0.39 is 0 Å². The van der Waals surface area contributed by atoms with E-state index in [9.17, 15) is 0 Å². The van der Waals surface area contributed by atoms with Gasteiger partial charge < -0.3 is 14.9 Å². The third-order valence-corrected chi connectivity index (χ3v) is 1.81. The fraction of sp³-hybridized carbons (Fsp3) is 0.0909. The molecule has 2 rings (SSSR count). The third-order valence-electron chi connectivity index (χ3n) is 1.81. The lowest BCUT2D eigenvalue weighted by molar-refractivity contribution is 0.272. The highest BCUT2D eigenvalue weighted by atomic mass is 16.5. The largest absolute Gasteiger partial charge is 0.486 e. The van der Waals surface area contributed by atoms with Crippen molar-refractivity contribution in [1.29, 1.82) is 0 Å². The minimum absolute atomic E-state index is 0.404. The van der Waals surface area contributed by atoms with E-state index in [4.69, 9.17) is 14.9 Å². The van der Waals surface area contributed by atoms with Gasteiger partial charge in [0.1, 0.15) is 18.1 Å². The summed E-state index contributed by atoms with van der Waals surface area (Å²) in [5.74, 6) is 1.96. The number of furan rings is 1. The molecule has 2 aromatic rings. The van der Waals surface area contributed by atoms with Crippen LogP contribution in [-0.4, -0.2) is 0 Å². The van der Waals surface area contributed by atoms with Crippen LogP contribution in [0.2, 0.25) is 0 Å². The molecule has 72 valence electrons. The monoisotopic (exact) mass is 189 g/mol. The fourth-order valence-electron chi connectivity index (χ4n) is 1.14. The molecule has 3 heteroatoms. The van der Waals surface area contributed by atoms with Crippen molar-refractivity contribution in [1.82, 2.24) is 0 Å². The van der Waals surface area contributed by atoms with Crippen LogP contribution in [0.15, 0.2) is 46.9 Å². The van der Waals surface area contributed by atoms with E-state index in [2.05, 4.69) is 0 Å². The highest BCUT2D eigenvalue weighted by Crippen LogP contribution is 2.14. The van der Waals surface area contributed by atoms with Crippen LogP contribution in [0, 0.1) is 0 Å². The van der Waals surface area contributed by atoms with Crippen LogP contribution in [-0.2, 0) is 6.61 Å². The van der Waals surface area contributed by atoms with Gasteiger partial charge in [-0.2, -0.15) is 0 Å². The Morgan fingerprint density at radius 1 is 1.07 bits per heavy atom. The van der Waals surface area contributed by atoms with Crippen molar-refractivity contribution in [3.05, 3.63) is 48.2 Å². The van der Waals surface area contributed by atoms with Gasteiger partial charge in [0.2, 0.25) is 0 Å². The quantitative estimate of drug-likeness (QED) is 0.806. The second-order valence-electron chi connectivity index (χ2n) is 2.91. The summed E-state index contributed by atoms with van der Waals surface area (Å²) in [6.45, 7) is 0.404. The van der Waals surface area contributed by atoms with Crippen LogP contribution in [0.25, 0.3) is 0 Å². The highest BCUT2D eigenvalue weighted by Gasteiger charge is 1.99. The van der Waals surface area contributed by atoms with Crippen molar-refractivity contribution < 1.29 is 9.15 Å². The molecule has 0 aliphatic carbocycles. The normalized spacial score (nSPS) is 10.0. The summed E-state index contributed by atoms with van der Waals surface area (Å²) >= 11 is 0. The van der Waals surface area contributed by atoms with E-state index in [0.717, 1.165) is 11.5 Å². The number of nitrogen functional groups attached to an aromatic ring is 1. The van der Waals surface area contributed by atoms with Gasteiger partial charge in [-0.25, -0.2) is 0 Å². The Labute approximate surface area is 82.1 Å². The topological polar surface area (TPSA) is 48.4 Å². The predicted octanol–water partition coefficient (Wildman–Crippen LogP) is 2.44. The van der Waals surface area contributed by atoms with E-state index in [0.29, 0.717) is 12.5 Å². The Balaban J connectivity index is 1.95. The molecule has 0 bridgehead atoms. The SMILES string of the molecule is Nc1ccc(COc2ccccc2)o1. The van der Waals surface area contributed by atoms with Crippen molar-refractivity contribution in [3.8, 4) is 5.75 Å². The Hall–Kier alpha value is -1.90. The Bertz CT molecular complexity index is 395. The lowest BCUT2D eigenvalue weighted by Gasteiger charge is -2.02. The molecule has 14 heavy (non-hydrogen) atoms. The smallest absolute Gasteiger partial charge is 0.190 e. The first-order valence-corrected chi connectivity index (χ1v) is 4.36. The van der Waals surface area contributed by atoms with Gasteiger partial charge in [-0.1, -0.05) is 18.2 Å². The first-order chi connectivity index (χ1) is 6.84. The first-order valence-electron chi connectivity index (χ1n) is 4.36. The molecule has 2 N–H and O–H groups in total.